The summed E-state index contributed by atoms with van der Waals surface area (Å²) in [6, 6.07) is 8.88. The molecule has 0 spiro atoms. The van der Waals surface area contributed by atoms with Crippen molar-refractivity contribution in [1.29, 1.82) is 0 Å². The van der Waals surface area contributed by atoms with Crippen LogP contribution in [-0.4, -0.2) is 16.1 Å². The molecule has 2 aromatic carbocycles. The Balaban J connectivity index is 2.12. The van der Waals surface area contributed by atoms with Gasteiger partial charge in [-0.3, -0.25) is 0 Å². The number of aryl methyl sites for hydroxylation is 4. The topological polar surface area (TPSA) is 41.9 Å². The van der Waals surface area contributed by atoms with E-state index >= 15 is 0 Å². The molecular weight excluding hydrogens is 344 g/mol. The van der Waals surface area contributed by atoms with Crippen LogP contribution in [0.2, 0.25) is 0 Å². The van der Waals surface area contributed by atoms with E-state index in [2.05, 4.69) is 88.1 Å². The van der Waals surface area contributed by atoms with Gasteiger partial charge in [0.15, 0.2) is 0 Å². The van der Waals surface area contributed by atoms with Crippen LogP contribution in [0.3, 0.4) is 0 Å². The highest BCUT2D eigenvalue weighted by atomic mass is 15.2. The molecule has 4 heteroatoms. The van der Waals surface area contributed by atoms with Gasteiger partial charge in [0, 0.05) is 19.3 Å². The molecule has 0 amide bonds. The number of imidazole rings is 1. The summed E-state index contributed by atoms with van der Waals surface area (Å²) in [4.78, 5) is 5.05. The van der Waals surface area contributed by atoms with Gasteiger partial charge in [-0.25, -0.2) is 4.98 Å². The molecule has 0 saturated carbocycles. The predicted octanol–water partition coefficient (Wildman–Crippen LogP) is 6.26. The molecule has 0 aliphatic carbocycles. The van der Waals surface area contributed by atoms with Crippen molar-refractivity contribution in [1.82, 2.24) is 9.55 Å². The monoisotopic (exact) mass is 378 g/mol. The lowest BCUT2D eigenvalue weighted by Crippen LogP contribution is -2.05. The maximum absolute atomic E-state index is 5.05. The molecule has 0 aliphatic rings. The Bertz CT molecular complexity index is 959. The van der Waals surface area contributed by atoms with Crippen LogP contribution >= 0.6 is 0 Å². The molecule has 0 radical (unpaired) electrons. The summed E-state index contributed by atoms with van der Waals surface area (Å²) in [7, 11) is 2.10. The Morgan fingerprint density at radius 3 is 2.36 bits per heavy atom. The van der Waals surface area contributed by atoms with Crippen LogP contribution in [0.25, 0.3) is 11.0 Å². The molecule has 3 aromatic rings. The van der Waals surface area contributed by atoms with Gasteiger partial charge >= 0.3 is 0 Å². The van der Waals surface area contributed by atoms with Gasteiger partial charge in [-0.05, 0) is 62.3 Å². The van der Waals surface area contributed by atoms with E-state index in [1.165, 1.54) is 27.8 Å². The van der Waals surface area contributed by atoms with Crippen molar-refractivity contribution in [2.75, 3.05) is 17.2 Å². The molecule has 28 heavy (non-hydrogen) atoms. The van der Waals surface area contributed by atoms with Crippen molar-refractivity contribution in [3.8, 4) is 0 Å². The lowest BCUT2D eigenvalue weighted by molar-refractivity contribution is 0.649. The third-order valence-electron chi connectivity index (χ3n) is 5.21. The lowest BCUT2D eigenvalue weighted by atomic mass is 10.0. The first-order chi connectivity index (χ1) is 13.3. The van der Waals surface area contributed by atoms with Crippen molar-refractivity contribution in [3.05, 3.63) is 46.5 Å². The van der Waals surface area contributed by atoms with Crippen molar-refractivity contribution < 1.29 is 0 Å². The Morgan fingerprint density at radius 1 is 1.07 bits per heavy atom. The van der Waals surface area contributed by atoms with Crippen LogP contribution in [0.5, 0.6) is 0 Å². The molecule has 1 aromatic heterocycles. The highest BCUT2D eigenvalue weighted by Crippen LogP contribution is 2.33. The molecule has 1 heterocycles. The second kappa shape index (κ2) is 8.26. The highest BCUT2D eigenvalue weighted by Gasteiger charge is 2.17. The van der Waals surface area contributed by atoms with E-state index in [1.807, 2.05) is 0 Å². The van der Waals surface area contributed by atoms with Crippen molar-refractivity contribution in [2.24, 2.45) is 13.0 Å². The van der Waals surface area contributed by atoms with Crippen molar-refractivity contribution >= 4 is 28.4 Å². The third kappa shape index (κ3) is 4.01. The first kappa shape index (κ1) is 20.2. The molecule has 0 saturated heterocycles. The number of rotatable bonds is 7. The number of fused-ring (bicyclic) bond motifs is 1. The molecular formula is C24H34N4. The molecule has 150 valence electrons. The number of nitrogens with one attached hydrogen (secondary N) is 2. The fraction of sp³-hybridized carbons (Fsp3) is 0.458. The number of hydrogen-bond acceptors (Lipinski definition) is 3. The summed E-state index contributed by atoms with van der Waals surface area (Å²) in [5.41, 5.74) is 9.68. The first-order valence-electron chi connectivity index (χ1n) is 10.4. The smallest absolute Gasteiger partial charge is 0.208 e. The SMILES string of the molecule is CCCNc1ccc(CC(C)C)c2nc(Nc3c(C)cc(C)cc3C)n(C)c12. The van der Waals surface area contributed by atoms with Gasteiger partial charge in [0.1, 0.15) is 0 Å². The van der Waals surface area contributed by atoms with Crippen molar-refractivity contribution in [3.63, 3.8) is 0 Å². The molecule has 0 atom stereocenters. The standard InChI is InChI=1S/C24H34N4/c1-8-11-25-20-10-9-19(12-15(2)3)22-23(20)28(7)24(27-22)26-21-17(5)13-16(4)14-18(21)6/h9-10,13-15,25H,8,11-12H2,1-7H3,(H,26,27). The van der Waals surface area contributed by atoms with Gasteiger partial charge in [-0.2, -0.15) is 0 Å². The van der Waals surface area contributed by atoms with E-state index in [1.54, 1.807) is 0 Å². The maximum atomic E-state index is 5.05. The van der Waals surface area contributed by atoms with Crippen LogP contribution in [0.4, 0.5) is 17.3 Å². The van der Waals surface area contributed by atoms with E-state index in [-0.39, 0.29) is 0 Å². The van der Waals surface area contributed by atoms with Gasteiger partial charge in [0.2, 0.25) is 5.95 Å². The molecule has 3 rings (SSSR count). The zero-order valence-corrected chi connectivity index (χ0v) is 18.4. The van der Waals surface area contributed by atoms with Crippen LogP contribution in [-0.2, 0) is 13.5 Å². The van der Waals surface area contributed by atoms with E-state index in [9.17, 15) is 0 Å². The van der Waals surface area contributed by atoms with Crippen LogP contribution in [0.15, 0.2) is 24.3 Å². The average molecular weight is 379 g/mol. The van der Waals surface area contributed by atoms with Crippen LogP contribution in [0.1, 0.15) is 49.4 Å². The average Bonchev–Trinajstić information content (AvgIpc) is 2.94. The summed E-state index contributed by atoms with van der Waals surface area (Å²) < 4.78 is 2.19. The minimum absolute atomic E-state index is 0.595. The number of benzene rings is 2. The zero-order valence-electron chi connectivity index (χ0n) is 18.4. The lowest BCUT2D eigenvalue weighted by Gasteiger charge is -2.14. The second-order valence-corrected chi connectivity index (χ2v) is 8.39. The predicted molar refractivity (Wildman–Crippen MR) is 122 cm³/mol. The van der Waals surface area contributed by atoms with E-state index < -0.39 is 0 Å². The third-order valence-corrected chi connectivity index (χ3v) is 5.21. The van der Waals surface area contributed by atoms with E-state index in [0.29, 0.717) is 5.92 Å². The number of nitrogens with zero attached hydrogens (tertiary/aromatic N) is 2. The summed E-state index contributed by atoms with van der Waals surface area (Å²) in [5.74, 6) is 1.48. The van der Waals surface area contributed by atoms with Gasteiger partial charge in [0.25, 0.3) is 0 Å². The molecule has 4 nitrogen and oxygen atoms in total. The highest BCUT2D eigenvalue weighted by molar-refractivity contribution is 5.93. The summed E-state index contributed by atoms with van der Waals surface area (Å²) in [6.45, 7) is 14.1. The Kier molecular flexibility index (Phi) is 5.97. The minimum Gasteiger partial charge on any atom is -0.383 e. The van der Waals surface area contributed by atoms with E-state index in [4.69, 9.17) is 4.98 Å². The molecule has 0 aliphatic heterocycles. The second-order valence-electron chi connectivity index (χ2n) is 8.39. The minimum atomic E-state index is 0.595. The van der Waals surface area contributed by atoms with Gasteiger partial charge < -0.3 is 15.2 Å². The number of aromatic nitrogens is 2. The van der Waals surface area contributed by atoms with Crippen molar-refractivity contribution in [2.45, 2.75) is 54.4 Å². The van der Waals surface area contributed by atoms with Crippen LogP contribution < -0.4 is 10.6 Å². The Hall–Kier alpha value is -2.49. The van der Waals surface area contributed by atoms with Crippen LogP contribution in [0, 0.1) is 26.7 Å². The normalized spacial score (nSPS) is 11.4. The van der Waals surface area contributed by atoms with Gasteiger partial charge in [-0.1, -0.05) is 44.5 Å². The van der Waals surface area contributed by atoms with E-state index in [0.717, 1.165) is 42.2 Å². The summed E-state index contributed by atoms with van der Waals surface area (Å²) in [5, 5.41) is 7.19. The first-order valence-corrected chi connectivity index (χ1v) is 10.4. The quantitative estimate of drug-likeness (QED) is 0.509. The summed E-state index contributed by atoms with van der Waals surface area (Å²) >= 11 is 0. The number of anilines is 3. The van der Waals surface area contributed by atoms with Gasteiger partial charge in [0.05, 0.1) is 16.7 Å². The maximum Gasteiger partial charge on any atom is 0.208 e. The molecule has 0 fully saturated rings. The number of hydrogen-bond donors (Lipinski definition) is 2. The fourth-order valence-corrected chi connectivity index (χ4v) is 3.98. The largest absolute Gasteiger partial charge is 0.383 e. The Morgan fingerprint density at radius 2 is 1.75 bits per heavy atom. The summed E-state index contributed by atoms with van der Waals surface area (Å²) in [6.07, 6.45) is 2.13. The fourth-order valence-electron chi connectivity index (χ4n) is 3.98. The Labute approximate surface area is 169 Å². The molecule has 0 bridgehead atoms. The molecule has 2 N–H and O–H groups in total. The zero-order chi connectivity index (χ0) is 20.4. The molecule has 0 unspecified atom stereocenters. The van der Waals surface area contributed by atoms with Gasteiger partial charge in [-0.15, -0.1) is 0 Å².